The van der Waals surface area contributed by atoms with Crippen molar-refractivity contribution in [2.75, 3.05) is 11.9 Å². The molecule has 1 N–H and O–H groups in total. The van der Waals surface area contributed by atoms with Crippen molar-refractivity contribution < 1.29 is 4.39 Å². The van der Waals surface area contributed by atoms with E-state index in [0.717, 1.165) is 30.4 Å². The molecule has 0 bridgehead atoms. The van der Waals surface area contributed by atoms with Gasteiger partial charge in [0.15, 0.2) is 0 Å². The summed E-state index contributed by atoms with van der Waals surface area (Å²) in [5, 5.41) is 4.24. The maximum Gasteiger partial charge on any atom is 0.123 e. The molecule has 13 heavy (non-hydrogen) atoms. The number of hydrogen-bond donors (Lipinski definition) is 1. The fraction of sp³-hybridized carbons (Fsp3) is 0.400. The van der Waals surface area contributed by atoms with E-state index in [1.807, 2.05) is 6.07 Å². The number of hydrogen-bond acceptors (Lipinski definition) is 1. The maximum absolute atomic E-state index is 12.7. The monoisotopic (exact) mass is 245 g/mol. The summed E-state index contributed by atoms with van der Waals surface area (Å²) in [5.74, 6) is -0.167. The van der Waals surface area contributed by atoms with Gasteiger partial charge in [-0.2, -0.15) is 0 Å². The van der Waals surface area contributed by atoms with Crippen LogP contribution in [0.3, 0.4) is 0 Å². The Bertz CT molecular complexity index is 252. The lowest BCUT2D eigenvalue weighted by atomic mass is 10.2. The zero-order chi connectivity index (χ0) is 9.52. The van der Waals surface area contributed by atoms with Crippen LogP contribution >= 0.6 is 15.9 Å². The minimum atomic E-state index is -0.167. The third-order valence-electron chi connectivity index (χ3n) is 1.71. The van der Waals surface area contributed by atoms with Crippen LogP contribution in [0.25, 0.3) is 0 Å². The Balaban J connectivity index is 2.28. The Hall–Kier alpha value is -0.410. The highest BCUT2D eigenvalue weighted by atomic mass is 79.9. The van der Waals surface area contributed by atoms with Crippen molar-refractivity contribution in [1.29, 1.82) is 0 Å². The quantitative estimate of drug-likeness (QED) is 0.622. The summed E-state index contributed by atoms with van der Waals surface area (Å²) in [7, 11) is 0. The van der Waals surface area contributed by atoms with Crippen molar-refractivity contribution in [2.45, 2.75) is 13.0 Å². The Labute approximate surface area is 86.5 Å². The highest BCUT2D eigenvalue weighted by Crippen LogP contribution is 2.02. The van der Waals surface area contributed by atoms with E-state index in [1.54, 1.807) is 12.1 Å². The summed E-state index contributed by atoms with van der Waals surface area (Å²) in [6.45, 7) is 1.70. The van der Waals surface area contributed by atoms with Gasteiger partial charge in [-0.15, -0.1) is 0 Å². The fourth-order valence-corrected chi connectivity index (χ4v) is 1.35. The van der Waals surface area contributed by atoms with Gasteiger partial charge in [-0.05, 0) is 30.7 Å². The summed E-state index contributed by atoms with van der Waals surface area (Å²) in [6, 6.07) is 6.67. The molecule has 0 heterocycles. The summed E-state index contributed by atoms with van der Waals surface area (Å²) in [6.07, 6.45) is 1.09. The summed E-state index contributed by atoms with van der Waals surface area (Å²) < 4.78 is 12.7. The van der Waals surface area contributed by atoms with E-state index >= 15 is 0 Å². The molecule has 0 amide bonds. The highest BCUT2D eigenvalue weighted by molar-refractivity contribution is 9.09. The number of halogens is 2. The number of rotatable bonds is 5. The van der Waals surface area contributed by atoms with Crippen LogP contribution in [0.2, 0.25) is 0 Å². The minimum absolute atomic E-state index is 0.167. The lowest BCUT2D eigenvalue weighted by Gasteiger charge is -2.03. The second kappa shape index (κ2) is 6.11. The lowest BCUT2D eigenvalue weighted by molar-refractivity contribution is 0.619. The maximum atomic E-state index is 12.7. The van der Waals surface area contributed by atoms with Crippen LogP contribution in [0.4, 0.5) is 4.39 Å². The summed E-state index contributed by atoms with van der Waals surface area (Å²) >= 11 is 3.35. The molecule has 1 aromatic rings. The Morgan fingerprint density at radius 3 is 2.92 bits per heavy atom. The van der Waals surface area contributed by atoms with E-state index in [2.05, 4.69) is 21.2 Å². The third-order valence-corrected chi connectivity index (χ3v) is 2.27. The first-order valence-electron chi connectivity index (χ1n) is 4.34. The average Bonchev–Trinajstić information content (AvgIpc) is 2.13. The largest absolute Gasteiger partial charge is 0.313 e. The van der Waals surface area contributed by atoms with Gasteiger partial charge in [0.1, 0.15) is 5.82 Å². The molecule has 0 saturated carbocycles. The van der Waals surface area contributed by atoms with Crippen molar-refractivity contribution in [3.63, 3.8) is 0 Å². The molecule has 0 atom stereocenters. The van der Waals surface area contributed by atoms with Gasteiger partial charge in [-0.25, -0.2) is 4.39 Å². The van der Waals surface area contributed by atoms with Crippen LogP contribution in [0.15, 0.2) is 24.3 Å². The highest BCUT2D eigenvalue weighted by Gasteiger charge is 1.93. The van der Waals surface area contributed by atoms with Gasteiger partial charge in [0.25, 0.3) is 0 Å². The van der Waals surface area contributed by atoms with Gasteiger partial charge in [0.05, 0.1) is 0 Å². The standard InChI is InChI=1S/C10H13BrFN/c11-5-2-6-13-8-9-3-1-4-10(12)7-9/h1,3-4,7,13H,2,5-6,8H2. The molecule has 1 aromatic carbocycles. The molecule has 1 rings (SSSR count). The van der Waals surface area contributed by atoms with Gasteiger partial charge < -0.3 is 5.32 Å². The molecule has 0 aliphatic carbocycles. The molecule has 0 unspecified atom stereocenters. The van der Waals surface area contributed by atoms with Crippen LogP contribution < -0.4 is 5.32 Å². The van der Waals surface area contributed by atoms with Crippen LogP contribution in [0, 0.1) is 5.82 Å². The number of benzene rings is 1. The topological polar surface area (TPSA) is 12.0 Å². The predicted molar refractivity (Wildman–Crippen MR) is 56.5 cm³/mol. The van der Waals surface area contributed by atoms with Gasteiger partial charge in [-0.3, -0.25) is 0 Å². The van der Waals surface area contributed by atoms with E-state index in [-0.39, 0.29) is 5.82 Å². The second-order valence-corrected chi connectivity index (χ2v) is 3.64. The predicted octanol–water partition coefficient (Wildman–Crippen LogP) is 2.70. The van der Waals surface area contributed by atoms with Crippen LogP contribution in [0.5, 0.6) is 0 Å². The Morgan fingerprint density at radius 2 is 2.23 bits per heavy atom. The van der Waals surface area contributed by atoms with Gasteiger partial charge in [0.2, 0.25) is 0 Å². The van der Waals surface area contributed by atoms with Gasteiger partial charge >= 0.3 is 0 Å². The van der Waals surface area contributed by atoms with E-state index in [0.29, 0.717) is 0 Å². The van der Waals surface area contributed by atoms with Crippen molar-refractivity contribution in [2.24, 2.45) is 0 Å². The smallest absolute Gasteiger partial charge is 0.123 e. The third kappa shape index (κ3) is 4.39. The zero-order valence-electron chi connectivity index (χ0n) is 7.39. The van der Waals surface area contributed by atoms with Crippen molar-refractivity contribution in [1.82, 2.24) is 5.32 Å². The first-order valence-corrected chi connectivity index (χ1v) is 5.46. The first-order chi connectivity index (χ1) is 6.33. The first kappa shape index (κ1) is 10.7. The molecule has 72 valence electrons. The van der Waals surface area contributed by atoms with Crippen molar-refractivity contribution >= 4 is 15.9 Å². The van der Waals surface area contributed by atoms with E-state index in [9.17, 15) is 4.39 Å². The molecule has 0 radical (unpaired) electrons. The molecule has 0 saturated heterocycles. The lowest BCUT2D eigenvalue weighted by Crippen LogP contribution is -2.14. The van der Waals surface area contributed by atoms with Crippen LogP contribution in [0.1, 0.15) is 12.0 Å². The SMILES string of the molecule is Fc1cccc(CNCCCBr)c1. The number of nitrogens with one attached hydrogen (secondary N) is 1. The zero-order valence-corrected chi connectivity index (χ0v) is 8.98. The Morgan fingerprint density at radius 1 is 1.38 bits per heavy atom. The number of alkyl halides is 1. The molecule has 0 aliphatic heterocycles. The minimum Gasteiger partial charge on any atom is -0.313 e. The summed E-state index contributed by atoms with van der Waals surface area (Å²) in [4.78, 5) is 0. The molecule has 1 nitrogen and oxygen atoms in total. The van der Waals surface area contributed by atoms with Gasteiger partial charge in [0, 0.05) is 11.9 Å². The van der Waals surface area contributed by atoms with E-state index in [1.165, 1.54) is 6.07 Å². The fourth-order valence-electron chi connectivity index (χ4n) is 1.07. The normalized spacial score (nSPS) is 10.3. The van der Waals surface area contributed by atoms with Crippen LogP contribution in [-0.4, -0.2) is 11.9 Å². The van der Waals surface area contributed by atoms with E-state index < -0.39 is 0 Å². The molecule has 0 aliphatic rings. The van der Waals surface area contributed by atoms with Crippen molar-refractivity contribution in [3.05, 3.63) is 35.6 Å². The van der Waals surface area contributed by atoms with E-state index in [4.69, 9.17) is 0 Å². The van der Waals surface area contributed by atoms with Gasteiger partial charge in [-0.1, -0.05) is 28.1 Å². The molecule has 0 spiro atoms. The van der Waals surface area contributed by atoms with Crippen molar-refractivity contribution in [3.8, 4) is 0 Å². The van der Waals surface area contributed by atoms with Crippen LogP contribution in [-0.2, 0) is 6.54 Å². The summed E-state index contributed by atoms with van der Waals surface area (Å²) in [5.41, 5.74) is 0.995. The molecule has 0 fully saturated rings. The molecular formula is C10H13BrFN. The second-order valence-electron chi connectivity index (χ2n) is 2.85. The average molecular weight is 246 g/mol. The molecule has 3 heteroatoms. The molecule has 0 aromatic heterocycles. The molecular weight excluding hydrogens is 233 g/mol. The Kier molecular flexibility index (Phi) is 5.01.